The second-order valence-corrected chi connectivity index (χ2v) is 3.25. The molecule has 1 aromatic carbocycles. The fourth-order valence-corrected chi connectivity index (χ4v) is 1.31. The number of nitrogens with zero attached hydrogens (tertiary/aromatic N) is 5. The van der Waals surface area contributed by atoms with E-state index in [2.05, 4.69) is 15.4 Å². The van der Waals surface area contributed by atoms with Gasteiger partial charge in [-0.3, -0.25) is 0 Å². The van der Waals surface area contributed by atoms with Crippen LogP contribution in [0.5, 0.6) is 0 Å². The lowest BCUT2D eigenvalue weighted by molar-refractivity contribution is 0.589. The number of hydrogen-bond acceptors (Lipinski definition) is 4. The Hall–Kier alpha value is -1.93. The molecule has 0 unspecified atom stereocenters. The molecule has 6 heteroatoms. The van der Waals surface area contributed by atoms with Crippen LogP contribution in [0.1, 0.15) is 0 Å². The van der Waals surface area contributed by atoms with Crippen LogP contribution in [-0.4, -0.2) is 20.2 Å². The molecule has 0 aliphatic rings. The van der Waals surface area contributed by atoms with E-state index in [-0.39, 0.29) is 6.54 Å². The van der Waals surface area contributed by atoms with Gasteiger partial charge in [-0.15, -0.1) is 15.0 Å². The number of halogens is 1. The van der Waals surface area contributed by atoms with Crippen LogP contribution in [0.4, 0.5) is 0 Å². The van der Waals surface area contributed by atoms with Gasteiger partial charge in [0.1, 0.15) is 6.54 Å². The molecular weight excluding hydrogens is 214 g/mol. The smallest absolute Gasteiger partial charge is 0.196 e. The van der Waals surface area contributed by atoms with E-state index in [0.717, 1.165) is 5.56 Å². The number of hydrogen-bond donors (Lipinski definition) is 0. The van der Waals surface area contributed by atoms with Crippen molar-refractivity contribution in [3.05, 3.63) is 29.3 Å². The van der Waals surface area contributed by atoms with Gasteiger partial charge in [-0.05, 0) is 17.3 Å². The van der Waals surface area contributed by atoms with Gasteiger partial charge in [0.2, 0.25) is 5.82 Å². The number of rotatable bonds is 2. The largest absolute Gasteiger partial charge is 0.205 e. The van der Waals surface area contributed by atoms with Gasteiger partial charge in [0.05, 0.1) is 6.07 Å². The standard InChI is InChI=1S/C9H6ClN5/c10-8-3-1-2-7(6-8)9-12-14-15(13-9)5-4-11/h1-3,6H,5H2. The molecule has 2 rings (SSSR count). The van der Waals surface area contributed by atoms with Crippen molar-refractivity contribution in [1.82, 2.24) is 20.2 Å². The number of tetrazole rings is 1. The van der Waals surface area contributed by atoms with Gasteiger partial charge in [0, 0.05) is 10.6 Å². The molecule has 0 radical (unpaired) electrons. The average Bonchev–Trinajstić information content (AvgIpc) is 2.67. The van der Waals surface area contributed by atoms with Crippen molar-refractivity contribution in [1.29, 1.82) is 5.26 Å². The third kappa shape index (κ3) is 2.11. The Morgan fingerprint density at radius 2 is 2.33 bits per heavy atom. The van der Waals surface area contributed by atoms with Crippen LogP contribution >= 0.6 is 11.6 Å². The maximum absolute atomic E-state index is 8.44. The summed E-state index contributed by atoms with van der Waals surface area (Å²) in [6.45, 7) is 0.0908. The molecule has 0 aliphatic heterocycles. The lowest BCUT2D eigenvalue weighted by Crippen LogP contribution is -1.99. The van der Waals surface area contributed by atoms with Crippen LogP contribution in [0, 0.1) is 11.3 Å². The van der Waals surface area contributed by atoms with Crippen molar-refractivity contribution in [3.8, 4) is 17.5 Å². The molecule has 0 aliphatic carbocycles. The fourth-order valence-electron chi connectivity index (χ4n) is 1.12. The Morgan fingerprint density at radius 1 is 1.47 bits per heavy atom. The first-order valence-electron chi connectivity index (χ1n) is 4.20. The summed E-state index contributed by atoms with van der Waals surface area (Å²) >= 11 is 5.83. The van der Waals surface area contributed by atoms with Crippen LogP contribution < -0.4 is 0 Å². The first kappa shape index (κ1) is 9.62. The van der Waals surface area contributed by atoms with Crippen molar-refractivity contribution in [3.63, 3.8) is 0 Å². The molecule has 0 saturated carbocycles. The summed E-state index contributed by atoms with van der Waals surface area (Å²) in [6, 6.07) is 9.09. The summed E-state index contributed by atoms with van der Waals surface area (Å²) in [5.41, 5.74) is 0.784. The van der Waals surface area contributed by atoms with Crippen LogP contribution in [0.25, 0.3) is 11.4 Å². The predicted octanol–water partition coefficient (Wildman–Crippen LogP) is 1.52. The van der Waals surface area contributed by atoms with Gasteiger partial charge in [-0.25, -0.2) is 0 Å². The molecule has 1 aromatic heterocycles. The second kappa shape index (κ2) is 4.07. The minimum atomic E-state index is 0.0908. The monoisotopic (exact) mass is 219 g/mol. The molecule has 15 heavy (non-hydrogen) atoms. The number of nitriles is 1. The van der Waals surface area contributed by atoms with Gasteiger partial charge >= 0.3 is 0 Å². The Morgan fingerprint density at radius 3 is 3.07 bits per heavy atom. The van der Waals surface area contributed by atoms with Crippen molar-refractivity contribution >= 4 is 11.6 Å². The summed E-state index contributed by atoms with van der Waals surface area (Å²) in [6.07, 6.45) is 0. The van der Waals surface area contributed by atoms with Crippen molar-refractivity contribution < 1.29 is 0 Å². The first-order valence-corrected chi connectivity index (χ1v) is 4.58. The lowest BCUT2D eigenvalue weighted by Gasteiger charge is -1.93. The minimum absolute atomic E-state index is 0.0908. The summed E-state index contributed by atoms with van der Waals surface area (Å²) in [7, 11) is 0. The zero-order chi connectivity index (χ0) is 10.7. The maximum Gasteiger partial charge on any atom is 0.205 e. The van der Waals surface area contributed by atoms with E-state index in [9.17, 15) is 0 Å². The van der Waals surface area contributed by atoms with Gasteiger partial charge in [-0.1, -0.05) is 23.7 Å². The Bertz CT molecular complexity index is 513. The summed E-state index contributed by atoms with van der Waals surface area (Å²) in [5, 5.41) is 20.6. The van der Waals surface area contributed by atoms with Gasteiger partial charge < -0.3 is 0 Å². The minimum Gasteiger partial charge on any atom is -0.196 e. The van der Waals surface area contributed by atoms with E-state index in [1.165, 1.54) is 4.80 Å². The molecule has 0 saturated heterocycles. The topological polar surface area (TPSA) is 67.4 Å². The zero-order valence-electron chi connectivity index (χ0n) is 7.63. The highest BCUT2D eigenvalue weighted by atomic mass is 35.5. The second-order valence-electron chi connectivity index (χ2n) is 2.81. The Kier molecular flexibility index (Phi) is 2.61. The lowest BCUT2D eigenvalue weighted by atomic mass is 10.2. The van der Waals surface area contributed by atoms with Crippen molar-refractivity contribution in [2.24, 2.45) is 0 Å². The van der Waals surface area contributed by atoms with Crippen LogP contribution in [0.3, 0.4) is 0 Å². The highest BCUT2D eigenvalue weighted by molar-refractivity contribution is 6.30. The molecule has 0 N–H and O–H groups in total. The summed E-state index contributed by atoms with van der Waals surface area (Å²) in [5.74, 6) is 0.466. The molecule has 0 amide bonds. The molecule has 0 spiro atoms. The van der Waals surface area contributed by atoms with E-state index in [0.29, 0.717) is 10.8 Å². The highest BCUT2D eigenvalue weighted by Gasteiger charge is 2.05. The molecule has 74 valence electrons. The summed E-state index contributed by atoms with van der Waals surface area (Å²) < 4.78 is 0. The van der Waals surface area contributed by atoms with Gasteiger partial charge in [-0.2, -0.15) is 5.26 Å². The van der Waals surface area contributed by atoms with Crippen LogP contribution in [-0.2, 0) is 6.54 Å². The van der Waals surface area contributed by atoms with Crippen LogP contribution in [0.2, 0.25) is 5.02 Å². The van der Waals surface area contributed by atoms with E-state index < -0.39 is 0 Å². The van der Waals surface area contributed by atoms with Crippen molar-refractivity contribution in [2.45, 2.75) is 6.54 Å². The van der Waals surface area contributed by atoms with Crippen molar-refractivity contribution in [2.75, 3.05) is 0 Å². The number of benzene rings is 1. The van der Waals surface area contributed by atoms with E-state index in [4.69, 9.17) is 16.9 Å². The molecule has 1 heterocycles. The van der Waals surface area contributed by atoms with E-state index in [1.807, 2.05) is 18.2 Å². The maximum atomic E-state index is 8.44. The first-order chi connectivity index (χ1) is 7.29. The van der Waals surface area contributed by atoms with Gasteiger partial charge in [0.25, 0.3) is 0 Å². The van der Waals surface area contributed by atoms with E-state index >= 15 is 0 Å². The third-order valence-electron chi connectivity index (χ3n) is 1.75. The third-order valence-corrected chi connectivity index (χ3v) is 1.98. The molecule has 0 bridgehead atoms. The zero-order valence-corrected chi connectivity index (χ0v) is 8.39. The molecule has 2 aromatic rings. The molecule has 0 atom stereocenters. The SMILES string of the molecule is N#CCn1nnc(-c2cccc(Cl)c2)n1. The van der Waals surface area contributed by atoms with Gasteiger partial charge in [0.15, 0.2) is 0 Å². The van der Waals surface area contributed by atoms with Crippen LogP contribution in [0.15, 0.2) is 24.3 Å². The molecule has 0 fully saturated rings. The average molecular weight is 220 g/mol. The molecule has 5 nitrogen and oxygen atoms in total. The molecular formula is C9H6ClN5. The predicted molar refractivity (Wildman–Crippen MR) is 53.9 cm³/mol. The van der Waals surface area contributed by atoms with E-state index in [1.54, 1.807) is 12.1 Å². The summed E-state index contributed by atoms with van der Waals surface area (Å²) in [4.78, 5) is 1.23. The Balaban J connectivity index is 2.34. The quantitative estimate of drug-likeness (QED) is 0.768. The normalized spacial score (nSPS) is 9.87. The number of aromatic nitrogens is 4. The Labute approximate surface area is 90.9 Å². The fraction of sp³-hybridized carbons (Fsp3) is 0.111. The highest BCUT2D eigenvalue weighted by Crippen LogP contribution is 2.18.